The van der Waals surface area contributed by atoms with Gasteiger partial charge >= 0.3 is 0 Å². The molecule has 0 spiro atoms. The van der Waals surface area contributed by atoms with Crippen LogP contribution in [0.1, 0.15) is 67.1 Å². The SMILES string of the molecule is CC(=O)c1coc(C(O)CCCCCCc2ccccc2)n1. The molecular formula is C18H23NO3. The minimum atomic E-state index is -0.720. The van der Waals surface area contributed by atoms with E-state index in [1.807, 2.05) is 6.07 Å². The summed E-state index contributed by atoms with van der Waals surface area (Å²) in [5.41, 5.74) is 1.65. The van der Waals surface area contributed by atoms with Crippen LogP contribution in [-0.4, -0.2) is 15.9 Å². The average molecular weight is 301 g/mol. The van der Waals surface area contributed by atoms with Crippen molar-refractivity contribution in [3.05, 3.63) is 53.7 Å². The van der Waals surface area contributed by atoms with Crippen LogP contribution in [0.4, 0.5) is 0 Å². The van der Waals surface area contributed by atoms with Gasteiger partial charge in [0.25, 0.3) is 0 Å². The van der Waals surface area contributed by atoms with Crippen molar-refractivity contribution >= 4 is 5.78 Å². The highest BCUT2D eigenvalue weighted by atomic mass is 16.4. The number of ketones is 1. The van der Waals surface area contributed by atoms with Crippen molar-refractivity contribution in [3.8, 4) is 0 Å². The molecule has 0 aliphatic carbocycles. The number of hydrogen-bond acceptors (Lipinski definition) is 4. The van der Waals surface area contributed by atoms with Gasteiger partial charge in [0.1, 0.15) is 18.1 Å². The van der Waals surface area contributed by atoms with Crippen molar-refractivity contribution in [1.82, 2.24) is 4.98 Å². The summed E-state index contributed by atoms with van der Waals surface area (Å²) >= 11 is 0. The van der Waals surface area contributed by atoms with Gasteiger partial charge < -0.3 is 9.52 Å². The van der Waals surface area contributed by atoms with E-state index in [1.165, 1.54) is 18.8 Å². The maximum absolute atomic E-state index is 11.1. The predicted molar refractivity (Wildman–Crippen MR) is 84.7 cm³/mol. The number of aliphatic hydroxyl groups is 1. The lowest BCUT2D eigenvalue weighted by molar-refractivity contribution is 0.101. The number of benzene rings is 1. The van der Waals surface area contributed by atoms with Crippen LogP contribution in [0.25, 0.3) is 0 Å². The quantitative estimate of drug-likeness (QED) is 0.559. The fourth-order valence-electron chi connectivity index (χ4n) is 2.39. The molecule has 1 aromatic carbocycles. The van der Waals surface area contributed by atoms with E-state index < -0.39 is 6.10 Å². The predicted octanol–water partition coefficient (Wildman–Crippen LogP) is 4.10. The molecule has 2 aromatic rings. The van der Waals surface area contributed by atoms with Crippen molar-refractivity contribution in [3.63, 3.8) is 0 Å². The number of aromatic nitrogens is 1. The topological polar surface area (TPSA) is 63.3 Å². The number of nitrogens with zero attached hydrogens (tertiary/aromatic N) is 1. The van der Waals surface area contributed by atoms with Gasteiger partial charge in [-0.3, -0.25) is 4.79 Å². The molecule has 0 aliphatic rings. The maximum atomic E-state index is 11.1. The van der Waals surface area contributed by atoms with E-state index in [0.717, 1.165) is 32.1 Å². The highest BCUT2D eigenvalue weighted by Gasteiger charge is 2.15. The van der Waals surface area contributed by atoms with Crippen LogP contribution in [0.2, 0.25) is 0 Å². The number of hydrogen-bond donors (Lipinski definition) is 1. The minimum Gasteiger partial charge on any atom is -0.445 e. The molecule has 0 aliphatic heterocycles. The molecule has 4 nitrogen and oxygen atoms in total. The van der Waals surface area contributed by atoms with E-state index >= 15 is 0 Å². The molecule has 2 rings (SSSR count). The van der Waals surface area contributed by atoms with Gasteiger partial charge in [-0.2, -0.15) is 0 Å². The molecule has 118 valence electrons. The second-order valence-electron chi connectivity index (χ2n) is 5.58. The molecule has 1 heterocycles. The second kappa shape index (κ2) is 8.49. The Hall–Kier alpha value is -1.94. The second-order valence-corrected chi connectivity index (χ2v) is 5.58. The Morgan fingerprint density at radius 2 is 1.91 bits per heavy atom. The average Bonchev–Trinajstić information content (AvgIpc) is 3.02. The highest BCUT2D eigenvalue weighted by molar-refractivity contribution is 5.91. The lowest BCUT2D eigenvalue weighted by atomic mass is 10.0. The number of aryl methyl sites for hydroxylation is 1. The summed E-state index contributed by atoms with van der Waals surface area (Å²) in [5, 5.41) is 9.98. The molecule has 0 fully saturated rings. The summed E-state index contributed by atoms with van der Waals surface area (Å²) in [5.74, 6) is 0.0950. The first-order valence-electron chi connectivity index (χ1n) is 7.85. The van der Waals surface area contributed by atoms with E-state index in [1.54, 1.807) is 0 Å². The van der Waals surface area contributed by atoms with Crippen LogP contribution in [0.5, 0.6) is 0 Å². The van der Waals surface area contributed by atoms with Gasteiger partial charge in [0.05, 0.1) is 0 Å². The van der Waals surface area contributed by atoms with Crippen LogP contribution in [0.3, 0.4) is 0 Å². The largest absolute Gasteiger partial charge is 0.445 e. The summed E-state index contributed by atoms with van der Waals surface area (Å²) in [6, 6.07) is 10.5. The Labute approximate surface area is 131 Å². The Morgan fingerprint density at radius 1 is 1.18 bits per heavy atom. The standard InChI is InChI=1S/C18H23NO3/c1-14(20)16-13-22-18(19-16)17(21)12-8-3-2-5-9-15-10-6-4-7-11-15/h4,6-7,10-11,13,17,21H,2-3,5,8-9,12H2,1H3. The zero-order valence-corrected chi connectivity index (χ0v) is 13.0. The van der Waals surface area contributed by atoms with Crippen LogP contribution in [0, 0.1) is 0 Å². The Bertz CT molecular complexity index is 577. The molecule has 0 saturated carbocycles. The fourth-order valence-corrected chi connectivity index (χ4v) is 2.39. The number of unbranched alkanes of at least 4 members (excludes halogenated alkanes) is 3. The van der Waals surface area contributed by atoms with Crippen molar-refractivity contribution in [1.29, 1.82) is 0 Å². The number of aliphatic hydroxyl groups excluding tert-OH is 1. The molecule has 22 heavy (non-hydrogen) atoms. The van der Waals surface area contributed by atoms with E-state index in [4.69, 9.17) is 4.42 Å². The fraction of sp³-hybridized carbons (Fsp3) is 0.444. The maximum Gasteiger partial charge on any atom is 0.223 e. The zero-order valence-electron chi connectivity index (χ0n) is 13.0. The van der Waals surface area contributed by atoms with Crippen LogP contribution < -0.4 is 0 Å². The van der Waals surface area contributed by atoms with Gasteiger partial charge in [-0.15, -0.1) is 0 Å². The van der Waals surface area contributed by atoms with Gasteiger partial charge in [-0.25, -0.2) is 4.98 Å². The van der Waals surface area contributed by atoms with Crippen molar-refractivity contribution in [2.75, 3.05) is 0 Å². The van der Waals surface area contributed by atoms with Crippen molar-refractivity contribution in [2.24, 2.45) is 0 Å². The summed E-state index contributed by atoms with van der Waals surface area (Å²) in [7, 11) is 0. The molecule has 1 N–H and O–H groups in total. The molecule has 1 atom stereocenters. The first-order valence-corrected chi connectivity index (χ1v) is 7.85. The van der Waals surface area contributed by atoms with Crippen molar-refractivity contribution in [2.45, 2.75) is 51.6 Å². The summed E-state index contributed by atoms with van der Waals surface area (Å²) in [6.45, 7) is 1.43. The van der Waals surface area contributed by atoms with E-state index in [0.29, 0.717) is 6.42 Å². The van der Waals surface area contributed by atoms with Gasteiger partial charge in [0.15, 0.2) is 5.78 Å². The third-order valence-corrected chi connectivity index (χ3v) is 3.70. The summed E-state index contributed by atoms with van der Waals surface area (Å²) in [4.78, 5) is 15.1. The van der Waals surface area contributed by atoms with Gasteiger partial charge in [-0.1, -0.05) is 49.6 Å². The summed E-state index contributed by atoms with van der Waals surface area (Å²) < 4.78 is 5.14. The Kier molecular flexibility index (Phi) is 6.34. The smallest absolute Gasteiger partial charge is 0.223 e. The van der Waals surface area contributed by atoms with Crippen LogP contribution in [-0.2, 0) is 6.42 Å². The number of Topliss-reactive ketones (excluding diaryl/α,β-unsaturated/α-hetero) is 1. The lowest BCUT2D eigenvalue weighted by Gasteiger charge is -2.06. The van der Waals surface area contributed by atoms with E-state index in [9.17, 15) is 9.90 Å². The normalized spacial score (nSPS) is 12.3. The van der Waals surface area contributed by atoms with Crippen LogP contribution >= 0.6 is 0 Å². The van der Waals surface area contributed by atoms with E-state index in [2.05, 4.69) is 29.2 Å². The number of rotatable bonds is 9. The molecule has 1 unspecified atom stereocenters. The van der Waals surface area contributed by atoms with Crippen molar-refractivity contribution < 1.29 is 14.3 Å². The lowest BCUT2D eigenvalue weighted by Crippen LogP contribution is -2.00. The van der Waals surface area contributed by atoms with Gasteiger partial charge in [-0.05, 0) is 24.8 Å². The van der Waals surface area contributed by atoms with E-state index in [-0.39, 0.29) is 17.4 Å². The first kappa shape index (κ1) is 16.4. The van der Waals surface area contributed by atoms with Crippen LogP contribution in [0.15, 0.2) is 41.0 Å². The third-order valence-electron chi connectivity index (χ3n) is 3.70. The number of carbonyl (C=O) groups excluding carboxylic acids is 1. The number of oxazole rings is 1. The Balaban J connectivity index is 1.60. The molecule has 1 aromatic heterocycles. The number of carbonyl (C=O) groups is 1. The summed E-state index contributed by atoms with van der Waals surface area (Å²) in [6.07, 6.45) is 6.61. The Morgan fingerprint density at radius 3 is 2.59 bits per heavy atom. The molecule has 0 radical (unpaired) electrons. The highest BCUT2D eigenvalue weighted by Crippen LogP contribution is 2.20. The molecule has 0 saturated heterocycles. The molecule has 0 bridgehead atoms. The minimum absolute atomic E-state index is 0.150. The zero-order chi connectivity index (χ0) is 15.8. The van der Waals surface area contributed by atoms with Gasteiger partial charge in [0, 0.05) is 6.92 Å². The monoisotopic (exact) mass is 301 g/mol. The molecule has 0 amide bonds. The molecular weight excluding hydrogens is 278 g/mol. The third kappa shape index (κ3) is 5.11. The first-order chi connectivity index (χ1) is 10.7. The molecule has 4 heteroatoms. The van der Waals surface area contributed by atoms with Gasteiger partial charge in [0.2, 0.25) is 5.89 Å².